The van der Waals surface area contributed by atoms with Gasteiger partial charge in [-0.1, -0.05) is 27.4 Å². The van der Waals surface area contributed by atoms with Gasteiger partial charge in [0.05, 0.1) is 5.60 Å². The molecule has 0 fully saturated rings. The highest BCUT2D eigenvalue weighted by Crippen LogP contribution is 2.29. The summed E-state index contributed by atoms with van der Waals surface area (Å²) >= 11 is 0. The molecule has 0 bridgehead atoms. The van der Waals surface area contributed by atoms with Gasteiger partial charge in [-0.05, 0) is 38.2 Å². The Hall–Kier alpha value is -0.340. The molecule has 2 heteroatoms. The van der Waals surface area contributed by atoms with E-state index in [0.717, 1.165) is 12.0 Å². The van der Waals surface area contributed by atoms with Crippen LogP contribution in [0, 0.1) is 12.0 Å². The van der Waals surface area contributed by atoms with Crippen LogP contribution in [0.25, 0.3) is 0 Å². The second kappa shape index (κ2) is 4.94. The molecule has 0 amide bonds. The average Bonchev–Trinajstić information content (AvgIpc) is 1.78. The Balaban J connectivity index is 3.89. The summed E-state index contributed by atoms with van der Waals surface area (Å²) in [7, 11) is 0. The summed E-state index contributed by atoms with van der Waals surface area (Å²) in [4.78, 5) is 10.3. The van der Waals surface area contributed by atoms with Crippen LogP contribution in [-0.4, -0.2) is 5.60 Å². The van der Waals surface area contributed by atoms with E-state index in [9.17, 15) is 0 Å². The molecule has 0 spiro atoms. The summed E-state index contributed by atoms with van der Waals surface area (Å²) in [6.07, 6.45) is 0.935. The standard InChI is InChI=1S/C12H23O2/c1-10(2)8-13-14-12(6,7)9-11(3,4)5/h8H,1,9H2,2-7H3. The van der Waals surface area contributed by atoms with Gasteiger partial charge in [0.15, 0.2) is 0 Å². The van der Waals surface area contributed by atoms with E-state index < -0.39 is 0 Å². The lowest BCUT2D eigenvalue weighted by Gasteiger charge is -2.30. The van der Waals surface area contributed by atoms with Crippen LogP contribution in [0.4, 0.5) is 0 Å². The maximum atomic E-state index is 5.30. The Bertz CT molecular complexity index is 187. The van der Waals surface area contributed by atoms with Gasteiger partial charge >= 0.3 is 0 Å². The molecule has 83 valence electrons. The van der Waals surface area contributed by atoms with Crippen LogP contribution < -0.4 is 0 Å². The minimum Gasteiger partial charge on any atom is -0.230 e. The zero-order valence-electron chi connectivity index (χ0n) is 10.3. The van der Waals surface area contributed by atoms with Crippen molar-refractivity contribution >= 4 is 0 Å². The van der Waals surface area contributed by atoms with E-state index in [1.807, 2.05) is 20.8 Å². The molecular weight excluding hydrogens is 176 g/mol. The fourth-order valence-electron chi connectivity index (χ4n) is 1.54. The first-order valence-corrected chi connectivity index (χ1v) is 4.96. The molecule has 0 aliphatic heterocycles. The molecule has 0 saturated carbocycles. The Morgan fingerprint density at radius 2 is 1.71 bits per heavy atom. The molecule has 0 atom stereocenters. The molecular formula is C12H23O2. The number of hydrogen-bond donors (Lipinski definition) is 0. The predicted octanol–water partition coefficient (Wildman–Crippen LogP) is 3.89. The normalized spacial score (nSPS) is 13.0. The van der Waals surface area contributed by atoms with Crippen molar-refractivity contribution in [2.24, 2.45) is 5.41 Å². The van der Waals surface area contributed by atoms with E-state index in [0.29, 0.717) is 0 Å². The molecule has 1 radical (unpaired) electrons. The first-order valence-electron chi connectivity index (χ1n) is 4.96. The van der Waals surface area contributed by atoms with Crippen molar-refractivity contribution in [3.8, 4) is 0 Å². The zero-order valence-corrected chi connectivity index (χ0v) is 10.3. The highest BCUT2D eigenvalue weighted by Gasteiger charge is 2.27. The Morgan fingerprint density at radius 3 is 2.07 bits per heavy atom. The molecule has 0 N–H and O–H groups in total. The van der Waals surface area contributed by atoms with E-state index in [4.69, 9.17) is 9.78 Å². The fourth-order valence-corrected chi connectivity index (χ4v) is 1.54. The van der Waals surface area contributed by atoms with E-state index in [1.54, 1.807) is 0 Å². The van der Waals surface area contributed by atoms with Crippen molar-refractivity contribution in [2.75, 3.05) is 0 Å². The van der Waals surface area contributed by atoms with Gasteiger partial charge in [0.1, 0.15) is 6.61 Å². The summed E-state index contributed by atoms with van der Waals surface area (Å²) in [5.41, 5.74) is 0.803. The second-order valence-corrected chi connectivity index (χ2v) is 5.64. The topological polar surface area (TPSA) is 18.5 Å². The summed E-state index contributed by atoms with van der Waals surface area (Å²) < 4.78 is 0. The Labute approximate surface area is 88.2 Å². The zero-order chi connectivity index (χ0) is 11.4. The monoisotopic (exact) mass is 199 g/mol. The first kappa shape index (κ1) is 13.7. The predicted molar refractivity (Wildman–Crippen MR) is 59.4 cm³/mol. The van der Waals surface area contributed by atoms with Crippen LogP contribution in [0.15, 0.2) is 12.2 Å². The Morgan fingerprint density at radius 1 is 1.21 bits per heavy atom. The average molecular weight is 199 g/mol. The van der Waals surface area contributed by atoms with Crippen molar-refractivity contribution in [3.63, 3.8) is 0 Å². The number of rotatable bonds is 5. The van der Waals surface area contributed by atoms with Gasteiger partial charge in [0.2, 0.25) is 0 Å². The second-order valence-electron chi connectivity index (χ2n) is 5.64. The lowest BCUT2D eigenvalue weighted by atomic mass is 9.84. The third-order valence-electron chi connectivity index (χ3n) is 1.48. The first-order chi connectivity index (χ1) is 6.12. The largest absolute Gasteiger partial charge is 0.230 e. The minimum absolute atomic E-state index is 0.232. The molecule has 0 aromatic heterocycles. The molecule has 14 heavy (non-hydrogen) atoms. The molecule has 0 aliphatic carbocycles. The summed E-state index contributed by atoms with van der Waals surface area (Å²) in [6, 6.07) is 0. The van der Waals surface area contributed by atoms with E-state index in [1.165, 1.54) is 6.61 Å². The smallest absolute Gasteiger partial charge is 0.147 e. The van der Waals surface area contributed by atoms with Gasteiger partial charge in [0, 0.05) is 0 Å². The molecule has 0 heterocycles. The van der Waals surface area contributed by atoms with Crippen LogP contribution in [0.2, 0.25) is 0 Å². The van der Waals surface area contributed by atoms with Gasteiger partial charge in [-0.2, -0.15) is 0 Å². The summed E-state index contributed by atoms with van der Waals surface area (Å²) in [5.74, 6) is 0. The van der Waals surface area contributed by atoms with Crippen molar-refractivity contribution < 1.29 is 9.78 Å². The third-order valence-corrected chi connectivity index (χ3v) is 1.48. The van der Waals surface area contributed by atoms with Crippen LogP contribution in [0.3, 0.4) is 0 Å². The molecule has 0 aromatic carbocycles. The van der Waals surface area contributed by atoms with Crippen molar-refractivity contribution in [3.05, 3.63) is 18.8 Å². The van der Waals surface area contributed by atoms with Crippen molar-refractivity contribution in [1.29, 1.82) is 0 Å². The van der Waals surface area contributed by atoms with Gasteiger partial charge in [-0.15, -0.1) is 0 Å². The molecule has 0 aliphatic rings. The maximum Gasteiger partial charge on any atom is 0.147 e. The maximum absolute atomic E-state index is 5.30. The molecule has 0 unspecified atom stereocenters. The molecule has 2 nitrogen and oxygen atoms in total. The molecule has 0 rings (SSSR count). The van der Waals surface area contributed by atoms with Crippen LogP contribution in [0.5, 0.6) is 0 Å². The highest BCUT2D eigenvalue weighted by atomic mass is 17.2. The lowest BCUT2D eigenvalue weighted by Crippen LogP contribution is -2.30. The molecule has 0 saturated heterocycles. The fraction of sp³-hybridized carbons (Fsp3) is 0.750. The minimum atomic E-state index is -0.274. The van der Waals surface area contributed by atoms with Crippen molar-refractivity contribution in [1.82, 2.24) is 0 Å². The van der Waals surface area contributed by atoms with Crippen LogP contribution >= 0.6 is 0 Å². The quantitative estimate of drug-likeness (QED) is 0.494. The van der Waals surface area contributed by atoms with Crippen molar-refractivity contribution in [2.45, 2.75) is 53.6 Å². The van der Waals surface area contributed by atoms with Gasteiger partial charge in [-0.3, -0.25) is 0 Å². The highest BCUT2D eigenvalue weighted by molar-refractivity contribution is 4.96. The Kier molecular flexibility index (Phi) is 4.82. The number of hydrogen-bond acceptors (Lipinski definition) is 2. The molecule has 0 aromatic rings. The summed E-state index contributed by atoms with van der Waals surface area (Å²) in [5, 5.41) is 0. The summed E-state index contributed by atoms with van der Waals surface area (Å²) in [6.45, 7) is 17.6. The SMILES string of the molecule is C=C(C)[CH]OOC(C)(C)CC(C)(C)C. The van der Waals surface area contributed by atoms with Crippen LogP contribution in [-0.2, 0) is 9.78 Å². The van der Waals surface area contributed by atoms with Gasteiger partial charge < -0.3 is 0 Å². The van der Waals surface area contributed by atoms with E-state index >= 15 is 0 Å². The van der Waals surface area contributed by atoms with Crippen LogP contribution in [0.1, 0.15) is 48.0 Å². The lowest BCUT2D eigenvalue weighted by molar-refractivity contribution is -0.333. The van der Waals surface area contributed by atoms with E-state index in [-0.39, 0.29) is 11.0 Å². The third kappa shape index (κ3) is 8.27. The van der Waals surface area contributed by atoms with Gasteiger partial charge in [0.25, 0.3) is 0 Å². The van der Waals surface area contributed by atoms with E-state index in [2.05, 4.69) is 27.4 Å². The van der Waals surface area contributed by atoms with Gasteiger partial charge in [-0.25, -0.2) is 9.78 Å².